The van der Waals surface area contributed by atoms with Crippen LogP contribution in [0, 0.1) is 6.92 Å². The fraction of sp³-hybridized carbons (Fsp3) is 0.200. The highest BCUT2D eigenvalue weighted by Crippen LogP contribution is 2.30. The average Bonchev–Trinajstić information content (AvgIpc) is 3.14. The molecule has 5 nitrogen and oxygen atoms in total. The predicted octanol–water partition coefficient (Wildman–Crippen LogP) is 3.79. The maximum atomic E-state index is 12.4. The molecule has 0 aromatic carbocycles. The van der Waals surface area contributed by atoms with E-state index in [0.717, 1.165) is 11.8 Å². The Kier molecular flexibility index (Phi) is 4.18. The van der Waals surface area contributed by atoms with Crippen molar-refractivity contribution in [3.8, 4) is 10.9 Å². The number of furan rings is 1. The quantitative estimate of drug-likeness (QED) is 0.714. The fourth-order valence-corrected chi connectivity index (χ4v) is 2.71. The van der Waals surface area contributed by atoms with Crippen LogP contribution in [0.25, 0.3) is 5.13 Å². The number of aromatic nitrogens is 2. The van der Waals surface area contributed by atoms with Crippen LogP contribution in [0.2, 0.25) is 0 Å². The maximum absolute atomic E-state index is 12.4. The molecule has 9 heteroatoms. The van der Waals surface area contributed by atoms with E-state index in [1.54, 1.807) is 0 Å². The van der Waals surface area contributed by atoms with Gasteiger partial charge in [-0.2, -0.15) is 13.2 Å². The lowest BCUT2D eigenvalue weighted by Crippen LogP contribution is -2.16. The Morgan fingerprint density at radius 2 is 2.12 bits per heavy atom. The van der Waals surface area contributed by atoms with Crippen LogP contribution in [0.3, 0.4) is 0 Å². The molecule has 0 amide bonds. The molecule has 0 atom stereocenters. The van der Waals surface area contributed by atoms with E-state index in [-0.39, 0.29) is 23.7 Å². The highest BCUT2D eigenvalue weighted by Gasteiger charge is 2.34. The van der Waals surface area contributed by atoms with Gasteiger partial charge in [0.2, 0.25) is 5.76 Å². The van der Waals surface area contributed by atoms with Crippen LogP contribution in [0.1, 0.15) is 17.2 Å². The summed E-state index contributed by atoms with van der Waals surface area (Å²) in [5, 5.41) is 2.35. The van der Waals surface area contributed by atoms with Crippen molar-refractivity contribution in [1.82, 2.24) is 9.55 Å². The first-order valence-corrected chi connectivity index (χ1v) is 7.65. The molecule has 0 aliphatic carbocycles. The van der Waals surface area contributed by atoms with Crippen LogP contribution >= 0.6 is 11.3 Å². The molecule has 0 spiro atoms. The Morgan fingerprint density at radius 3 is 2.71 bits per heavy atom. The van der Waals surface area contributed by atoms with Gasteiger partial charge in [0.05, 0.1) is 5.69 Å². The predicted molar refractivity (Wildman–Crippen MR) is 80.5 cm³/mol. The standard InChI is InChI=1S/C15H11F3N2O3S/c1-9-8-24-14(19-9)20-5-4-10(6-13(20)21)22-7-11-2-3-12(23-11)15(16,17)18/h2-6,8H,7H2,1H3. The molecule has 0 radical (unpaired) electrons. The Bertz CT molecular complexity index is 911. The van der Waals surface area contributed by atoms with Gasteiger partial charge in [-0.25, -0.2) is 4.98 Å². The molecular weight excluding hydrogens is 345 g/mol. The molecular formula is C15H11F3N2O3S. The number of hydrogen-bond donors (Lipinski definition) is 0. The zero-order valence-corrected chi connectivity index (χ0v) is 13.1. The second-order valence-electron chi connectivity index (χ2n) is 4.89. The topological polar surface area (TPSA) is 57.3 Å². The molecule has 0 N–H and O–H groups in total. The third kappa shape index (κ3) is 3.51. The monoisotopic (exact) mass is 356 g/mol. The molecule has 0 aliphatic heterocycles. The number of aryl methyl sites for hydroxylation is 1. The van der Waals surface area contributed by atoms with Gasteiger partial charge in [0.15, 0.2) is 5.13 Å². The van der Waals surface area contributed by atoms with Gasteiger partial charge >= 0.3 is 6.18 Å². The third-order valence-electron chi connectivity index (χ3n) is 3.03. The van der Waals surface area contributed by atoms with E-state index < -0.39 is 11.9 Å². The molecule has 0 bridgehead atoms. The molecule has 0 fully saturated rings. The Balaban J connectivity index is 1.71. The highest BCUT2D eigenvalue weighted by molar-refractivity contribution is 7.12. The molecule has 126 valence electrons. The largest absolute Gasteiger partial charge is 0.485 e. The van der Waals surface area contributed by atoms with Crippen LogP contribution in [0.5, 0.6) is 5.75 Å². The zero-order chi connectivity index (χ0) is 17.3. The van der Waals surface area contributed by atoms with E-state index in [9.17, 15) is 18.0 Å². The number of hydrogen-bond acceptors (Lipinski definition) is 5. The minimum absolute atomic E-state index is 0.0158. The Hall–Kier alpha value is -2.55. The van der Waals surface area contributed by atoms with Gasteiger partial charge in [0, 0.05) is 17.6 Å². The lowest BCUT2D eigenvalue weighted by molar-refractivity contribution is -0.153. The van der Waals surface area contributed by atoms with Crippen molar-refractivity contribution in [2.24, 2.45) is 0 Å². The number of rotatable bonds is 4. The Labute approximate surface area is 137 Å². The van der Waals surface area contributed by atoms with Crippen LogP contribution in [0.15, 0.2) is 45.1 Å². The summed E-state index contributed by atoms with van der Waals surface area (Å²) >= 11 is 1.33. The molecule has 24 heavy (non-hydrogen) atoms. The summed E-state index contributed by atoms with van der Waals surface area (Å²) in [4.78, 5) is 16.3. The number of ether oxygens (including phenoxy) is 1. The summed E-state index contributed by atoms with van der Waals surface area (Å²) < 4.78 is 48.6. The van der Waals surface area contributed by atoms with E-state index in [1.807, 2.05) is 12.3 Å². The van der Waals surface area contributed by atoms with Gasteiger partial charge in [0.25, 0.3) is 5.56 Å². The SMILES string of the molecule is Cc1csc(-n2ccc(OCc3ccc(C(F)(F)F)o3)cc2=O)n1. The number of alkyl halides is 3. The lowest BCUT2D eigenvalue weighted by atomic mass is 10.4. The summed E-state index contributed by atoms with van der Waals surface area (Å²) in [6.45, 7) is 1.61. The van der Waals surface area contributed by atoms with Crippen molar-refractivity contribution in [2.75, 3.05) is 0 Å². The lowest BCUT2D eigenvalue weighted by Gasteiger charge is -2.06. The van der Waals surface area contributed by atoms with E-state index in [0.29, 0.717) is 5.13 Å². The minimum Gasteiger partial charge on any atom is -0.485 e. The van der Waals surface area contributed by atoms with E-state index in [2.05, 4.69) is 9.40 Å². The molecule has 0 aliphatic rings. The maximum Gasteiger partial charge on any atom is 0.449 e. The zero-order valence-electron chi connectivity index (χ0n) is 12.3. The van der Waals surface area contributed by atoms with E-state index in [4.69, 9.17) is 4.74 Å². The average molecular weight is 356 g/mol. The van der Waals surface area contributed by atoms with Crippen molar-refractivity contribution < 1.29 is 22.3 Å². The van der Waals surface area contributed by atoms with Crippen molar-refractivity contribution in [2.45, 2.75) is 19.7 Å². The third-order valence-corrected chi connectivity index (χ3v) is 3.98. The van der Waals surface area contributed by atoms with Gasteiger partial charge < -0.3 is 9.15 Å². The molecule has 3 rings (SSSR count). The van der Waals surface area contributed by atoms with Crippen molar-refractivity contribution in [1.29, 1.82) is 0 Å². The smallest absolute Gasteiger partial charge is 0.449 e. The van der Waals surface area contributed by atoms with Crippen molar-refractivity contribution >= 4 is 11.3 Å². The van der Waals surface area contributed by atoms with E-state index >= 15 is 0 Å². The van der Waals surface area contributed by atoms with Crippen LogP contribution in [-0.4, -0.2) is 9.55 Å². The molecule has 0 unspecified atom stereocenters. The van der Waals surface area contributed by atoms with E-state index in [1.165, 1.54) is 40.3 Å². The number of thiazole rings is 1. The van der Waals surface area contributed by atoms with Crippen LogP contribution in [-0.2, 0) is 12.8 Å². The number of nitrogens with zero attached hydrogens (tertiary/aromatic N) is 2. The molecule has 3 aromatic heterocycles. The number of pyridine rings is 1. The molecule has 3 heterocycles. The minimum atomic E-state index is -4.54. The summed E-state index contributed by atoms with van der Waals surface area (Å²) in [6, 6.07) is 4.79. The first kappa shape index (κ1) is 16.3. The number of halogens is 3. The summed E-state index contributed by atoms with van der Waals surface area (Å²) in [5.74, 6) is -0.841. The van der Waals surface area contributed by atoms with Gasteiger partial charge in [0.1, 0.15) is 18.1 Å². The fourth-order valence-electron chi connectivity index (χ4n) is 1.92. The summed E-state index contributed by atoms with van der Waals surface area (Å²) in [6.07, 6.45) is -3.04. The molecule has 0 saturated heterocycles. The first-order valence-electron chi connectivity index (χ1n) is 6.77. The van der Waals surface area contributed by atoms with Gasteiger partial charge in [-0.1, -0.05) is 0 Å². The van der Waals surface area contributed by atoms with Crippen LogP contribution < -0.4 is 10.3 Å². The van der Waals surface area contributed by atoms with Gasteiger partial charge in [-0.15, -0.1) is 11.3 Å². The van der Waals surface area contributed by atoms with Crippen molar-refractivity contribution in [3.05, 3.63) is 63.4 Å². The highest BCUT2D eigenvalue weighted by atomic mass is 32.1. The second-order valence-corrected chi connectivity index (χ2v) is 5.73. The summed E-state index contributed by atoms with van der Waals surface area (Å²) in [7, 11) is 0. The van der Waals surface area contributed by atoms with Crippen LogP contribution in [0.4, 0.5) is 13.2 Å². The first-order chi connectivity index (χ1) is 11.3. The Morgan fingerprint density at radius 1 is 1.33 bits per heavy atom. The normalized spacial score (nSPS) is 11.7. The van der Waals surface area contributed by atoms with Crippen molar-refractivity contribution in [3.63, 3.8) is 0 Å². The van der Waals surface area contributed by atoms with Gasteiger partial charge in [-0.3, -0.25) is 9.36 Å². The molecule has 0 saturated carbocycles. The summed E-state index contributed by atoms with van der Waals surface area (Å²) in [5.41, 5.74) is 0.456. The second kappa shape index (κ2) is 6.16. The molecule has 3 aromatic rings. The van der Waals surface area contributed by atoms with Gasteiger partial charge in [-0.05, 0) is 25.1 Å².